The van der Waals surface area contributed by atoms with Gasteiger partial charge in [-0.2, -0.15) is 4.31 Å². The number of amides is 2. The molecule has 2 aromatic rings. The summed E-state index contributed by atoms with van der Waals surface area (Å²) < 4.78 is 30.5. The third-order valence-electron chi connectivity index (χ3n) is 5.72. The van der Waals surface area contributed by atoms with E-state index in [2.05, 4.69) is 15.5 Å². The third kappa shape index (κ3) is 6.86. The Morgan fingerprint density at radius 3 is 2.29 bits per heavy atom. The number of piperazine rings is 1. The first-order chi connectivity index (χ1) is 16.3. The second-order valence-corrected chi connectivity index (χ2v) is 10.3. The Balaban J connectivity index is 1.57. The van der Waals surface area contributed by atoms with E-state index in [1.807, 2.05) is 12.1 Å². The van der Waals surface area contributed by atoms with Gasteiger partial charge in [-0.25, -0.2) is 8.42 Å². The van der Waals surface area contributed by atoms with Crippen LogP contribution in [0.3, 0.4) is 0 Å². The molecule has 1 aliphatic heterocycles. The topological polar surface area (TPSA) is 108 Å². The standard InChI is InChI=1S/C24H32N4O5S/c1-3-34(31,32)28-15-13-27(14-16-28)18-19-8-10-20(11-9-19)23(29)26-22-7-5-4-6-21(22)24(30)25-12-17-33-2/h4-11H,3,12-18H2,1-2H3,(H,25,30)(H,26,29). The maximum absolute atomic E-state index is 12.8. The van der Waals surface area contributed by atoms with Crippen LogP contribution >= 0.6 is 0 Å². The van der Waals surface area contributed by atoms with Crippen molar-refractivity contribution < 1.29 is 22.7 Å². The summed E-state index contributed by atoms with van der Waals surface area (Å²) in [5.74, 6) is -0.461. The summed E-state index contributed by atoms with van der Waals surface area (Å²) in [5, 5.41) is 5.58. The predicted octanol–water partition coefficient (Wildman–Crippen LogP) is 1.78. The van der Waals surface area contributed by atoms with Gasteiger partial charge >= 0.3 is 0 Å². The number of rotatable bonds is 10. The first-order valence-corrected chi connectivity index (χ1v) is 12.9. The van der Waals surface area contributed by atoms with Crippen molar-refractivity contribution in [2.45, 2.75) is 13.5 Å². The van der Waals surface area contributed by atoms with E-state index in [1.165, 1.54) is 0 Å². The number of hydrogen-bond donors (Lipinski definition) is 2. The van der Waals surface area contributed by atoms with Gasteiger partial charge in [-0.1, -0.05) is 24.3 Å². The molecule has 0 spiro atoms. The Hall–Kier alpha value is -2.79. The summed E-state index contributed by atoms with van der Waals surface area (Å²) in [6, 6.07) is 14.2. The Kier molecular flexibility index (Phi) is 9.17. The van der Waals surface area contributed by atoms with Crippen molar-refractivity contribution in [2.75, 3.05) is 57.5 Å². The van der Waals surface area contributed by atoms with Crippen molar-refractivity contribution >= 4 is 27.5 Å². The van der Waals surface area contributed by atoms with Crippen LogP contribution in [0.5, 0.6) is 0 Å². The molecule has 10 heteroatoms. The van der Waals surface area contributed by atoms with Gasteiger partial charge in [0.15, 0.2) is 0 Å². The van der Waals surface area contributed by atoms with E-state index < -0.39 is 10.0 Å². The van der Waals surface area contributed by atoms with Crippen LogP contribution in [0.15, 0.2) is 48.5 Å². The number of anilines is 1. The van der Waals surface area contributed by atoms with Gasteiger partial charge in [0.25, 0.3) is 11.8 Å². The van der Waals surface area contributed by atoms with Gasteiger partial charge in [-0.15, -0.1) is 0 Å². The van der Waals surface area contributed by atoms with Gasteiger partial charge in [0.05, 0.1) is 23.6 Å². The fourth-order valence-corrected chi connectivity index (χ4v) is 4.80. The van der Waals surface area contributed by atoms with E-state index in [9.17, 15) is 18.0 Å². The molecule has 2 N–H and O–H groups in total. The lowest BCUT2D eigenvalue weighted by Gasteiger charge is -2.33. The fourth-order valence-electron chi connectivity index (χ4n) is 3.71. The Bertz CT molecular complexity index is 1080. The van der Waals surface area contributed by atoms with E-state index in [-0.39, 0.29) is 17.6 Å². The quantitative estimate of drug-likeness (QED) is 0.494. The second-order valence-electron chi connectivity index (χ2n) is 8.02. The van der Waals surface area contributed by atoms with E-state index in [4.69, 9.17) is 4.74 Å². The molecule has 0 radical (unpaired) electrons. The number of methoxy groups -OCH3 is 1. The summed E-state index contributed by atoms with van der Waals surface area (Å²) in [4.78, 5) is 27.4. The Morgan fingerprint density at radius 2 is 1.65 bits per heavy atom. The van der Waals surface area contributed by atoms with Crippen molar-refractivity contribution in [1.29, 1.82) is 0 Å². The van der Waals surface area contributed by atoms with E-state index >= 15 is 0 Å². The van der Waals surface area contributed by atoms with Crippen LogP contribution in [0.2, 0.25) is 0 Å². The first kappa shape index (κ1) is 25.8. The molecule has 1 fully saturated rings. The highest BCUT2D eigenvalue weighted by Crippen LogP contribution is 2.17. The summed E-state index contributed by atoms with van der Waals surface area (Å²) in [7, 11) is -1.58. The van der Waals surface area contributed by atoms with Crippen LogP contribution in [0.4, 0.5) is 5.69 Å². The number of carbonyl (C=O) groups excluding carboxylic acids is 2. The van der Waals surface area contributed by atoms with Gasteiger partial charge in [0, 0.05) is 51.9 Å². The molecule has 34 heavy (non-hydrogen) atoms. The highest BCUT2D eigenvalue weighted by atomic mass is 32.2. The highest BCUT2D eigenvalue weighted by Gasteiger charge is 2.25. The minimum Gasteiger partial charge on any atom is -0.383 e. The van der Waals surface area contributed by atoms with Crippen LogP contribution in [0.1, 0.15) is 33.2 Å². The molecule has 2 amide bonds. The molecule has 0 aliphatic carbocycles. The third-order valence-corrected chi connectivity index (χ3v) is 7.60. The second kappa shape index (κ2) is 12.1. The summed E-state index contributed by atoms with van der Waals surface area (Å²) >= 11 is 0. The zero-order chi connectivity index (χ0) is 24.6. The average molecular weight is 489 g/mol. The molecule has 0 aromatic heterocycles. The van der Waals surface area contributed by atoms with Gasteiger partial charge in [0.1, 0.15) is 0 Å². The molecule has 0 saturated carbocycles. The number of hydrogen-bond acceptors (Lipinski definition) is 6. The zero-order valence-corrected chi connectivity index (χ0v) is 20.4. The number of para-hydroxylation sites is 1. The molecular weight excluding hydrogens is 456 g/mol. The van der Waals surface area contributed by atoms with Gasteiger partial charge in [0.2, 0.25) is 10.0 Å². The molecule has 2 aromatic carbocycles. The number of sulfonamides is 1. The first-order valence-electron chi connectivity index (χ1n) is 11.3. The molecule has 184 valence electrons. The molecule has 0 atom stereocenters. The number of carbonyl (C=O) groups is 2. The van der Waals surface area contributed by atoms with Crippen LogP contribution in [-0.2, 0) is 21.3 Å². The molecule has 1 heterocycles. The minimum atomic E-state index is -3.14. The molecular formula is C24H32N4O5S. The van der Waals surface area contributed by atoms with Crippen LogP contribution in [-0.4, -0.2) is 81.6 Å². The van der Waals surface area contributed by atoms with Crippen molar-refractivity contribution in [3.8, 4) is 0 Å². The van der Waals surface area contributed by atoms with Crippen molar-refractivity contribution in [2.24, 2.45) is 0 Å². The van der Waals surface area contributed by atoms with Gasteiger partial charge < -0.3 is 15.4 Å². The van der Waals surface area contributed by atoms with Crippen LogP contribution in [0.25, 0.3) is 0 Å². The minimum absolute atomic E-state index is 0.124. The Morgan fingerprint density at radius 1 is 0.971 bits per heavy atom. The molecule has 1 saturated heterocycles. The van der Waals surface area contributed by atoms with E-state index in [0.29, 0.717) is 62.7 Å². The largest absolute Gasteiger partial charge is 0.383 e. The van der Waals surface area contributed by atoms with E-state index in [0.717, 1.165) is 5.56 Å². The molecule has 0 bridgehead atoms. The molecule has 9 nitrogen and oxygen atoms in total. The van der Waals surface area contributed by atoms with Gasteiger partial charge in [-0.3, -0.25) is 14.5 Å². The summed E-state index contributed by atoms with van der Waals surface area (Å²) in [6.45, 7) is 5.46. The predicted molar refractivity (Wildman–Crippen MR) is 131 cm³/mol. The Labute approximate surface area is 201 Å². The maximum atomic E-state index is 12.8. The normalized spacial score (nSPS) is 15.1. The van der Waals surface area contributed by atoms with Gasteiger partial charge in [-0.05, 0) is 36.8 Å². The lowest BCUT2D eigenvalue weighted by Crippen LogP contribution is -2.48. The number of nitrogens with zero attached hydrogens (tertiary/aromatic N) is 2. The van der Waals surface area contributed by atoms with Crippen LogP contribution < -0.4 is 10.6 Å². The number of benzene rings is 2. The lowest BCUT2D eigenvalue weighted by molar-refractivity contribution is 0.0938. The van der Waals surface area contributed by atoms with Crippen molar-refractivity contribution in [3.63, 3.8) is 0 Å². The highest BCUT2D eigenvalue weighted by molar-refractivity contribution is 7.89. The molecule has 1 aliphatic rings. The number of ether oxygens (including phenoxy) is 1. The molecule has 0 unspecified atom stereocenters. The van der Waals surface area contributed by atoms with Crippen molar-refractivity contribution in [1.82, 2.24) is 14.5 Å². The zero-order valence-electron chi connectivity index (χ0n) is 19.6. The molecule has 3 rings (SSSR count). The number of nitrogens with one attached hydrogen (secondary N) is 2. The average Bonchev–Trinajstić information content (AvgIpc) is 2.85. The maximum Gasteiger partial charge on any atom is 0.255 e. The van der Waals surface area contributed by atoms with E-state index in [1.54, 1.807) is 54.7 Å². The van der Waals surface area contributed by atoms with Crippen molar-refractivity contribution in [3.05, 3.63) is 65.2 Å². The summed E-state index contributed by atoms with van der Waals surface area (Å²) in [6.07, 6.45) is 0. The SMILES string of the molecule is CCS(=O)(=O)N1CCN(Cc2ccc(C(=O)Nc3ccccc3C(=O)NCCOC)cc2)CC1. The fraction of sp³-hybridized carbons (Fsp3) is 0.417. The lowest BCUT2D eigenvalue weighted by atomic mass is 10.1. The summed E-state index contributed by atoms with van der Waals surface area (Å²) in [5.41, 5.74) is 2.35. The smallest absolute Gasteiger partial charge is 0.255 e. The monoisotopic (exact) mass is 488 g/mol. The van der Waals surface area contributed by atoms with Crippen LogP contribution in [0, 0.1) is 0 Å².